The summed E-state index contributed by atoms with van der Waals surface area (Å²) in [6.07, 6.45) is 0.872. The monoisotopic (exact) mass is 233 g/mol. The highest BCUT2D eigenvalue weighted by Crippen LogP contribution is 2.20. The molecule has 0 amide bonds. The number of rotatable bonds is 4. The van der Waals surface area contributed by atoms with Crippen molar-refractivity contribution in [1.82, 2.24) is 9.55 Å². The fourth-order valence-corrected chi connectivity index (χ4v) is 1.58. The van der Waals surface area contributed by atoms with Gasteiger partial charge in [0.2, 0.25) is 0 Å². The fourth-order valence-electron chi connectivity index (χ4n) is 1.58. The van der Waals surface area contributed by atoms with Crippen LogP contribution in [0.2, 0.25) is 0 Å². The summed E-state index contributed by atoms with van der Waals surface area (Å²) in [4.78, 5) is 4.43. The van der Waals surface area contributed by atoms with Crippen LogP contribution in [0.25, 0.3) is 11.0 Å². The highest BCUT2D eigenvalue weighted by molar-refractivity contribution is 5.76. The highest BCUT2D eigenvalue weighted by Gasteiger charge is 2.18. The van der Waals surface area contributed by atoms with E-state index in [1.54, 1.807) is 0 Å². The molecule has 2 rings (SSSR count). The zero-order valence-corrected chi connectivity index (χ0v) is 10.6. The smallest absolute Gasteiger partial charge is 0.297 e. The summed E-state index contributed by atoms with van der Waals surface area (Å²) in [6, 6.07) is 8.59. The van der Waals surface area contributed by atoms with Gasteiger partial charge in [0.15, 0.2) is 0 Å². The normalized spacial score (nSPS) is 14.8. The Morgan fingerprint density at radius 1 is 1.41 bits per heavy atom. The summed E-state index contributed by atoms with van der Waals surface area (Å²) in [5.74, 6) is 0. The molecule has 1 heterocycles. The Morgan fingerprint density at radius 3 is 2.76 bits per heavy atom. The van der Waals surface area contributed by atoms with Gasteiger partial charge in [-0.05, 0) is 25.5 Å². The maximum Gasteiger partial charge on any atom is 0.297 e. The zero-order chi connectivity index (χ0) is 12.5. The van der Waals surface area contributed by atoms with Gasteiger partial charge in [0.25, 0.3) is 6.01 Å². The number of fused-ring (bicyclic) bond motifs is 1. The summed E-state index contributed by atoms with van der Waals surface area (Å²) in [5.41, 5.74) is 7.75. The second-order valence-electron chi connectivity index (χ2n) is 4.74. The van der Waals surface area contributed by atoms with Crippen molar-refractivity contribution in [3.05, 3.63) is 24.3 Å². The van der Waals surface area contributed by atoms with E-state index in [1.165, 1.54) is 0 Å². The van der Waals surface area contributed by atoms with Crippen LogP contribution in [-0.4, -0.2) is 21.7 Å². The molecule has 1 aromatic carbocycles. The first-order valence-corrected chi connectivity index (χ1v) is 5.86. The predicted octanol–water partition coefficient (Wildman–Crippen LogP) is 2.08. The van der Waals surface area contributed by atoms with Crippen molar-refractivity contribution in [3.8, 4) is 6.01 Å². The van der Waals surface area contributed by atoms with Gasteiger partial charge in [0.05, 0.1) is 11.0 Å². The Bertz CT molecular complexity index is 516. The van der Waals surface area contributed by atoms with Gasteiger partial charge < -0.3 is 10.5 Å². The summed E-state index contributed by atoms with van der Waals surface area (Å²) < 4.78 is 7.65. The van der Waals surface area contributed by atoms with Gasteiger partial charge in [-0.3, -0.25) is 4.57 Å². The molecule has 0 saturated heterocycles. The molecule has 4 nitrogen and oxygen atoms in total. The third kappa shape index (κ3) is 2.42. The number of aromatic nitrogens is 2. The van der Waals surface area contributed by atoms with Crippen LogP contribution >= 0.6 is 0 Å². The molecule has 1 aromatic heterocycles. The minimum atomic E-state index is -0.307. The van der Waals surface area contributed by atoms with Gasteiger partial charge in [0, 0.05) is 12.6 Å². The Balaban J connectivity index is 2.22. The van der Waals surface area contributed by atoms with Crippen LogP contribution < -0.4 is 10.5 Å². The van der Waals surface area contributed by atoms with Gasteiger partial charge in [-0.1, -0.05) is 19.1 Å². The van der Waals surface area contributed by atoms with Crippen LogP contribution in [0.5, 0.6) is 6.01 Å². The van der Waals surface area contributed by atoms with Gasteiger partial charge in [-0.2, -0.15) is 4.98 Å². The molecule has 0 spiro atoms. The van der Waals surface area contributed by atoms with Crippen molar-refractivity contribution < 1.29 is 4.74 Å². The molecule has 0 aliphatic rings. The van der Waals surface area contributed by atoms with Crippen LogP contribution in [0, 0.1) is 0 Å². The standard InChI is InChI=1S/C13H19N3O/c1-4-13(2,14)9-17-12-15-10-7-5-6-8-11(10)16(12)3/h5-8H,4,9,14H2,1-3H3. The lowest BCUT2D eigenvalue weighted by atomic mass is 10.0. The molecule has 1 atom stereocenters. The van der Waals surface area contributed by atoms with E-state index >= 15 is 0 Å². The van der Waals surface area contributed by atoms with E-state index in [1.807, 2.05) is 42.8 Å². The molecular weight excluding hydrogens is 214 g/mol. The number of nitrogens with zero attached hydrogens (tertiary/aromatic N) is 2. The molecule has 4 heteroatoms. The first kappa shape index (κ1) is 11.9. The number of aryl methyl sites for hydroxylation is 1. The summed E-state index contributed by atoms with van der Waals surface area (Å²) >= 11 is 0. The minimum Gasteiger partial charge on any atom is -0.463 e. The molecule has 17 heavy (non-hydrogen) atoms. The number of benzene rings is 1. The number of hydrogen-bond acceptors (Lipinski definition) is 3. The molecule has 0 aliphatic carbocycles. The number of para-hydroxylation sites is 2. The van der Waals surface area contributed by atoms with E-state index in [4.69, 9.17) is 10.5 Å². The average molecular weight is 233 g/mol. The Kier molecular flexibility index (Phi) is 3.07. The summed E-state index contributed by atoms with van der Waals surface area (Å²) in [7, 11) is 1.95. The lowest BCUT2D eigenvalue weighted by molar-refractivity contribution is 0.206. The third-order valence-electron chi connectivity index (χ3n) is 3.08. The molecule has 0 radical (unpaired) electrons. The molecular formula is C13H19N3O. The van der Waals surface area contributed by atoms with Crippen LogP contribution in [0.15, 0.2) is 24.3 Å². The van der Waals surface area contributed by atoms with Crippen LogP contribution in [-0.2, 0) is 7.05 Å². The van der Waals surface area contributed by atoms with Gasteiger partial charge >= 0.3 is 0 Å². The Hall–Kier alpha value is -1.55. The molecule has 0 bridgehead atoms. The SMILES string of the molecule is CCC(C)(N)COc1nc2ccccc2n1C. The molecule has 92 valence electrons. The fraction of sp³-hybridized carbons (Fsp3) is 0.462. The topological polar surface area (TPSA) is 53.1 Å². The van der Waals surface area contributed by atoms with Crippen molar-refractivity contribution in [2.24, 2.45) is 12.8 Å². The number of hydrogen-bond donors (Lipinski definition) is 1. The van der Waals surface area contributed by atoms with Gasteiger partial charge in [-0.15, -0.1) is 0 Å². The summed E-state index contributed by atoms with van der Waals surface area (Å²) in [5, 5.41) is 0. The largest absolute Gasteiger partial charge is 0.463 e. The van der Waals surface area contributed by atoms with Gasteiger partial charge in [0.1, 0.15) is 6.61 Å². The molecule has 2 aromatic rings. The number of imidazole rings is 1. The van der Waals surface area contributed by atoms with E-state index in [0.717, 1.165) is 17.5 Å². The van der Waals surface area contributed by atoms with E-state index in [9.17, 15) is 0 Å². The Labute approximate surface area is 101 Å². The van der Waals surface area contributed by atoms with Crippen molar-refractivity contribution in [1.29, 1.82) is 0 Å². The molecule has 0 fully saturated rings. The maximum absolute atomic E-state index is 6.05. The van der Waals surface area contributed by atoms with Crippen molar-refractivity contribution in [2.75, 3.05) is 6.61 Å². The summed E-state index contributed by atoms with van der Waals surface area (Å²) in [6.45, 7) is 4.51. The maximum atomic E-state index is 6.05. The highest BCUT2D eigenvalue weighted by atomic mass is 16.5. The quantitative estimate of drug-likeness (QED) is 0.879. The van der Waals surface area contributed by atoms with Gasteiger partial charge in [-0.25, -0.2) is 0 Å². The van der Waals surface area contributed by atoms with E-state index in [-0.39, 0.29) is 5.54 Å². The molecule has 0 aliphatic heterocycles. The molecule has 2 N–H and O–H groups in total. The van der Waals surface area contributed by atoms with Crippen LogP contribution in [0.3, 0.4) is 0 Å². The number of nitrogens with two attached hydrogens (primary N) is 1. The first-order valence-electron chi connectivity index (χ1n) is 5.86. The second kappa shape index (κ2) is 4.37. The van der Waals surface area contributed by atoms with E-state index in [0.29, 0.717) is 12.6 Å². The zero-order valence-electron chi connectivity index (χ0n) is 10.6. The van der Waals surface area contributed by atoms with E-state index < -0.39 is 0 Å². The van der Waals surface area contributed by atoms with Crippen LogP contribution in [0.4, 0.5) is 0 Å². The first-order chi connectivity index (χ1) is 8.03. The second-order valence-corrected chi connectivity index (χ2v) is 4.74. The lowest BCUT2D eigenvalue weighted by Gasteiger charge is -2.22. The van der Waals surface area contributed by atoms with Crippen molar-refractivity contribution in [3.63, 3.8) is 0 Å². The average Bonchev–Trinajstić information content (AvgIpc) is 2.65. The number of ether oxygens (including phenoxy) is 1. The lowest BCUT2D eigenvalue weighted by Crippen LogP contribution is -2.41. The van der Waals surface area contributed by atoms with Crippen molar-refractivity contribution >= 4 is 11.0 Å². The molecule has 0 saturated carbocycles. The predicted molar refractivity (Wildman–Crippen MR) is 69.1 cm³/mol. The third-order valence-corrected chi connectivity index (χ3v) is 3.08. The Morgan fingerprint density at radius 2 is 2.12 bits per heavy atom. The van der Waals surface area contributed by atoms with Crippen molar-refractivity contribution in [2.45, 2.75) is 25.8 Å². The molecule has 1 unspecified atom stereocenters. The van der Waals surface area contributed by atoms with E-state index in [2.05, 4.69) is 11.9 Å². The minimum absolute atomic E-state index is 0.307. The van der Waals surface area contributed by atoms with Crippen LogP contribution in [0.1, 0.15) is 20.3 Å².